The number of nitrogens with two attached hydrogens (primary N) is 1. The molecule has 0 aromatic heterocycles. The van der Waals surface area contributed by atoms with E-state index in [0.717, 1.165) is 51.4 Å². The first-order chi connectivity index (χ1) is 18.7. The van der Waals surface area contributed by atoms with Gasteiger partial charge < -0.3 is 20.7 Å². The summed E-state index contributed by atoms with van der Waals surface area (Å²) < 4.78 is 5.46. The molecule has 0 radical (unpaired) electrons. The van der Waals surface area contributed by atoms with E-state index in [1.165, 1.54) is 0 Å². The second-order valence-electron chi connectivity index (χ2n) is 14.7. The van der Waals surface area contributed by atoms with Gasteiger partial charge in [-0.05, 0) is 53.8 Å². The summed E-state index contributed by atoms with van der Waals surface area (Å²) in [4.78, 5) is 67.1. The fourth-order valence-corrected chi connectivity index (χ4v) is 7.34. The molecule has 224 valence electrons. The van der Waals surface area contributed by atoms with E-state index in [-0.39, 0.29) is 53.3 Å². The first-order valence-corrected chi connectivity index (χ1v) is 15.3. The second-order valence-corrected chi connectivity index (χ2v) is 14.7. The van der Waals surface area contributed by atoms with Gasteiger partial charge in [0.05, 0.1) is 12.6 Å². The minimum atomic E-state index is -1.00. The number of carbonyl (C=O) groups is 5. The van der Waals surface area contributed by atoms with Crippen molar-refractivity contribution in [1.29, 1.82) is 0 Å². The predicted octanol–water partition coefficient (Wildman–Crippen LogP) is 4.01. The Bertz CT molecular complexity index is 1010. The maximum absolute atomic E-state index is 14.2. The molecule has 0 bridgehead atoms. The number of piperidine rings is 1. The highest BCUT2D eigenvalue weighted by Gasteiger charge is 2.69. The zero-order valence-corrected chi connectivity index (χ0v) is 25.0. The van der Waals surface area contributed by atoms with Gasteiger partial charge in [0.25, 0.3) is 5.91 Å². The van der Waals surface area contributed by atoms with Crippen LogP contribution < -0.4 is 11.1 Å². The summed E-state index contributed by atoms with van der Waals surface area (Å²) in [6.45, 7) is 10.8. The average molecular weight is 560 g/mol. The van der Waals surface area contributed by atoms with Crippen LogP contribution in [0.3, 0.4) is 0 Å². The van der Waals surface area contributed by atoms with Crippen molar-refractivity contribution in [3.05, 3.63) is 0 Å². The van der Waals surface area contributed by atoms with Crippen LogP contribution in [0.15, 0.2) is 0 Å². The molecule has 1 saturated heterocycles. The molecule has 1 unspecified atom stereocenters. The van der Waals surface area contributed by atoms with Gasteiger partial charge in [-0.15, -0.1) is 0 Å². The molecular formula is C31H49N3O6. The lowest BCUT2D eigenvalue weighted by molar-refractivity contribution is -0.144. The van der Waals surface area contributed by atoms with Gasteiger partial charge in [-0.3, -0.25) is 19.2 Å². The summed E-state index contributed by atoms with van der Waals surface area (Å²) in [5.41, 5.74) is 5.06. The number of fused-ring (bicyclic) bond motifs is 1. The van der Waals surface area contributed by atoms with E-state index in [1.54, 1.807) is 4.90 Å². The van der Waals surface area contributed by atoms with Crippen molar-refractivity contribution in [2.75, 3.05) is 13.2 Å². The topological polar surface area (TPSA) is 136 Å². The summed E-state index contributed by atoms with van der Waals surface area (Å²) in [5.74, 6) is -2.37. The van der Waals surface area contributed by atoms with Crippen molar-refractivity contribution in [1.82, 2.24) is 10.2 Å². The van der Waals surface area contributed by atoms with Crippen LogP contribution in [0.5, 0.6) is 0 Å². The van der Waals surface area contributed by atoms with Gasteiger partial charge in [0, 0.05) is 18.9 Å². The van der Waals surface area contributed by atoms with Crippen molar-refractivity contribution < 1.29 is 28.7 Å². The average Bonchev–Trinajstić information content (AvgIpc) is 3.19. The van der Waals surface area contributed by atoms with E-state index in [1.807, 2.05) is 20.8 Å². The Morgan fingerprint density at radius 3 is 2.20 bits per heavy atom. The molecule has 3 aliphatic carbocycles. The molecule has 4 fully saturated rings. The first-order valence-electron chi connectivity index (χ1n) is 15.3. The molecule has 3 amide bonds. The summed E-state index contributed by atoms with van der Waals surface area (Å²) in [5, 5.41) is 2.88. The molecule has 9 heteroatoms. The van der Waals surface area contributed by atoms with Crippen LogP contribution in [0.1, 0.15) is 98.8 Å². The van der Waals surface area contributed by atoms with Gasteiger partial charge in [-0.1, -0.05) is 73.1 Å². The molecule has 40 heavy (non-hydrogen) atoms. The van der Waals surface area contributed by atoms with E-state index in [2.05, 4.69) is 19.2 Å². The van der Waals surface area contributed by atoms with Crippen LogP contribution in [0.25, 0.3) is 0 Å². The number of nitrogens with zero attached hydrogens (tertiary/aromatic N) is 1. The van der Waals surface area contributed by atoms with Gasteiger partial charge >= 0.3 is 6.09 Å². The number of primary amides is 1. The number of ketones is 2. The van der Waals surface area contributed by atoms with Crippen LogP contribution in [0.4, 0.5) is 4.79 Å². The highest BCUT2D eigenvalue weighted by Crippen LogP contribution is 2.65. The second kappa shape index (κ2) is 11.8. The van der Waals surface area contributed by atoms with Gasteiger partial charge in [-0.2, -0.15) is 0 Å². The minimum absolute atomic E-state index is 0.00293. The number of ether oxygens (including phenoxy) is 1. The number of hydrogen-bond acceptors (Lipinski definition) is 6. The number of carbonyl (C=O) groups excluding carboxylic acids is 5. The molecule has 4 aliphatic rings. The highest BCUT2D eigenvalue weighted by atomic mass is 16.5. The zero-order valence-electron chi connectivity index (χ0n) is 25.0. The number of hydrogen-bond donors (Lipinski definition) is 2. The van der Waals surface area contributed by atoms with Crippen LogP contribution in [-0.2, 0) is 23.9 Å². The van der Waals surface area contributed by atoms with E-state index < -0.39 is 35.8 Å². The fourth-order valence-electron chi connectivity index (χ4n) is 7.34. The Hall–Kier alpha value is -2.45. The molecule has 1 heterocycles. The summed E-state index contributed by atoms with van der Waals surface area (Å²) >= 11 is 0. The lowest BCUT2D eigenvalue weighted by Crippen LogP contribution is -2.57. The van der Waals surface area contributed by atoms with Crippen LogP contribution >= 0.6 is 0 Å². The quantitative estimate of drug-likeness (QED) is 0.367. The third-order valence-electron chi connectivity index (χ3n) is 10.0. The summed E-state index contributed by atoms with van der Waals surface area (Å²) in [7, 11) is 0. The number of Topliss-reactive ketones (excluding diaryl/α,β-unsaturated/α-hetero) is 2. The van der Waals surface area contributed by atoms with Crippen LogP contribution in [0, 0.1) is 40.4 Å². The van der Waals surface area contributed by atoms with Crippen molar-refractivity contribution in [3.8, 4) is 0 Å². The number of likely N-dealkylation sites (tertiary alicyclic amines) is 1. The highest BCUT2D eigenvalue weighted by molar-refractivity contribution is 6.36. The van der Waals surface area contributed by atoms with Gasteiger partial charge in [0.2, 0.25) is 11.7 Å². The Balaban J connectivity index is 1.53. The van der Waals surface area contributed by atoms with Crippen molar-refractivity contribution in [3.63, 3.8) is 0 Å². The normalized spacial score (nSPS) is 27.6. The van der Waals surface area contributed by atoms with E-state index >= 15 is 0 Å². The maximum Gasteiger partial charge on any atom is 0.407 e. The third kappa shape index (κ3) is 6.71. The molecule has 3 N–H and O–H groups in total. The Morgan fingerprint density at radius 1 is 1.00 bits per heavy atom. The number of nitrogens with one attached hydrogen (secondary N) is 1. The number of alkyl carbamates (subject to hydrolysis) is 1. The SMILES string of the molecule is CC(C)(C)COC(=O)N[C@H](C(=O)N1C[C@H]2[C@@H]([C@H]1C(=O)CC(CC1CCC1)C(=O)C(N)=O)C2(C)C)C1CCCCC1. The maximum atomic E-state index is 14.2. The molecule has 3 saturated carbocycles. The molecule has 1 aliphatic heterocycles. The first kappa shape index (κ1) is 30.5. The fraction of sp³-hybridized carbons (Fsp3) is 0.839. The Morgan fingerprint density at radius 2 is 1.65 bits per heavy atom. The van der Waals surface area contributed by atoms with Crippen molar-refractivity contribution >= 4 is 29.5 Å². The molecule has 0 aromatic carbocycles. The lowest BCUT2D eigenvalue weighted by atomic mass is 9.76. The van der Waals surface area contributed by atoms with Crippen LogP contribution in [-0.4, -0.2) is 59.6 Å². The van der Waals surface area contributed by atoms with Gasteiger partial charge in [0.15, 0.2) is 5.78 Å². The third-order valence-corrected chi connectivity index (χ3v) is 10.0. The van der Waals surface area contributed by atoms with Crippen molar-refractivity contribution in [2.45, 2.75) is 111 Å². The monoisotopic (exact) mass is 559 g/mol. The van der Waals surface area contributed by atoms with Crippen LogP contribution in [0.2, 0.25) is 0 Å². The largest absolute Gasteiger partial charge is 0.449 e. The van der Waals surface area contributed by atoms with E-state index in [9.17, 15) is 24.0 Å². The van der Waals surface area contributed by atoms with Gasteiger partial charge in [-0.25, -0.2) is 4.79 Å². The van der Waals surface area contributed by atoms with Crippen molar-refractivity contribution in [2.24, 2.45) is 46.2 Å². The standard InChI is InChI=1S/C31H49N3O6/c1-30(2,3)17-40-29(39)33-24(19-12-7-6-8-13-19)28(38)34-16-21-23(31(21,4)5)25(34)22(35)15-20(26(36)27(32)37)14-18-10-9-11-18/h18-21,23-25H,6-17H2,1-5H3,(H2,32,37)(H,33,39)/t20?,21-,23-,24-,25+/m0/s1. The molecule has 9 nitrogen and oxygen atoms in total. The predicted molar refractivity (Wildman–Crippen MR) is 150 cm³/mol. The molecular weight excluding hydrogens is 510 g/mol. The van der Waals surface area contributed by atoms with E-state index in [0.29, 0.717) is 18.9 Å². The molecule has 4 rings (SSSR count). The zero-order chi connectivity index (χ0) is 29.4. The number of rotatable bonds is 11. The minimum Gasteiger partial charge on any atom is -0.449 e. The smallest absolute Gasteiger partial charge is 0.407 e. The molecule has 5 atom stereocenters. The number of amides is 3. The Labute approximate surface area is 238 Å². The summed E-state index contributed by atoms with van der Waals surface area (Å²) in [6.07, 6.45) is 7.60. The Kier molecular flexibility index (Phi) is 9.00. The molecule has 0 spiro atoms. The van der Waals surface area contributed by atoms with Gasteiger partial charge in [0.1, 0.15) is 6.04 Å². The summed E-state index contributed by atoms with van der Waals surface area (Å²) in [6, 6.07) is -1.43. The molecule has 0 aromatic rings. The lowest BCUT2D eigenvalue weighted by Gasteiger charge is -2.37. The van der Waals surface area contributed by atoms with E-state index in [4.69, 9.17) is 10.5 Å².